The SMILES string of the molecule is O=C(OCC(=O)C12CC3CC(CC(C3)C1)C2)c1cc2ccccc2oc1=O. The second kappa shape index (κ2) is 6.04. The van der Waals surface area contributed by atoms with Gasteiger partial charge in [-0.1, -0.05) is 18.2 Å². The molecule has 5 nitrogen and oxygen atoms in total. The number of hydrogen-bond acceptors (Lipinski definition) is 5. The predicted molar refractivity (Wildman–Crippen MR) is 98.4 cm³/mol. The molecule has 4 aliphatic rings. The van der Waals surface area contributed by atoms with Gasteiger partial charge in [-0.2, -0.15) is 0 Å². The van der Waals surface area contributed by atoms with Gasteiger partial charge >= 0.3 is 11.6 Å². The van der Waals surface area contributed by atoms with Crippen LogP contribution in [-0.2, 0) is 9.53 Å². The molecule has 5 heteroatoms. The molecule has 0 amide bonds. The molecule has 4 fully saturated rings. The van der Waals surface area contributed by atoms with E-state index in [4.69, 9.17) is 9.15 Å². The normalized spacial score (nSPS) is 31.2. The first-order valence-electron chi connectivity index (χ1n) is 9.76. The second-order valence-corrected chi connectivity index (χ2v) is 8.68. The van der Waals surface area contributed by atoms with Crippen LogP contribution in [0.1, 0.15) is 48.9 Å². The van der Waals surface area contributed by atoms with E-state index in [9.17, 15) is 14.4 Å². The number of Topliss-reactive ketones (excluding diaryl/α,β-unsaturated/α-hetero) is 1. The Labute approximate surface area is 156 Å². The van der Waals surface area contributed by atoms with Crippen LogP contribution >= 0.6 is 0 Å². The van der Waals surface area contributed by atoms with E-state index < -0.39 is 11.6 Å². The van der Waals surface area contributed by atoms with E-state index in [-0.39, 0.29) is 23.4 Å². The van der Waals surface area contributed by atoms with E-state index in [1.165, 1.54) is 25.3 Å². The van der Waals surface area contributed by atoms with Crippen LogP contribution in [0.3, 0.4) is 0 Å². The fraction of sp³-hybridized carbons (Fsp3) is 0.500. The van der Waals surface area contributed by atoms with Gasteiger partial charge in [0.15, 0.2) is 12.4 Å². The molecule has 0 aliphatic heterocycles. The van der Waals surface area contributed by atoms with Crippen molar-refractivity contribution in [1.29, 1.82) is 0 Å². The number of esters is 1. The lowest BCUT2D eigenvalue weighted by Gasteiger charge is -2.55. The number of carbonyl (C=O) groups excluding carboxylic acids is 2. The van der Waals surface area contributed by atoms with Crippen LogP contribution in [0.2, 0.25) is 0 Å². The minimum Gasteiger partial charge on any atom is -0.454 e. The predicted octanol–water partition coefficient (Wildman–Crippen LogP) is 3.74. The maximum absolute atomic E-state index is 13.0. The molecule has 4 aliphatic carbocycles. The van der Waals surface area contributed by atoms with Crippen molar-refractivity contribution in [2.45, 2.75) is 38.5 Å². The lowest BCUT2D eigenvalue weighted by Crippen LogP contribution is -2.51. The molecule has 0 saturated heterocycles. The highest BCUT2D eigenvalue weighted by Crippen LogP contribution is 2.60. The van der Waals surface area contributed by atoms with Gasteiger partial charge in [0, 0.05) is 10.8 Å². The van der Waals surface area contributed by atoms with E-state index in [1.54, 1.807) is 24.3 Å². The summed E-state index contributed by atoms with van der Waals surface area (Å²) in [6, 6.07) is 8.46. The molecule has 0 radical (unpaired) electrons. The zero-order valence-corrected chi connectivity index (χ0v) is 15.1. The number of ketones is 1. The molecular formula is C22H22O5. The van der Waals surface area contributed by atoms with Crippen LogP contribution < -0.4 is 5.63 Å². The zero-order chi connectivity index (χ0) is 18.6. The van der Waals surface area contributed by atoms with Gasteiger partial charge in [-0.05, 0) is 68.4 Å². The van der Waals surface area contributed by atoms with Gasteiger partial charge in [0.1, 0.15) is 11.1 Å². The van der Waals surface area contributed by atoms with Crippen LogP contribution in [0.15, 0.2) is 39.5 Å². The van der Waals surface area contributed by atoms with Crippen molar-refractivity contribution in [3.63, 3.8) is 0 Å². The molecule has 1 aromatic heterocycles. The molecule has 1 aromatic carbocycles. The molecule has 0 spiro atoms. The summed E-state index contributed by atoms with van der Waals surface area (Å²) in [5, 5.41) is 0.650. The Morgan fingerprint density at radius 1 is 1.04 bits per heavy atom. The van der Waals surface area contributed by atoms with E-state index in [0.29, 0.717) is 28.7 Å². The summed E-state index contributed by atoms with van der Waals surface area (Å²) >= 11 is 0. The molecule has 2 aromatic rings. The van der Waals surface area contributed by atoms with Gasteiger partial charge in [0.05, 0.1) is 0 Å². The van der Waals surface area contributed by atoms with Crippen LogP contribution in [0.5, 0.6) is 0 Å². The molecule has 0 atom stereocenters. The van der Waals surface area contributed by atoms with Crippen molar-refractivity contribution in [2.75, 3.05) is 6.61 Å². The van der Waals surface area contributed by atoms with Crippen LogP contribution in [-0.4, -0.2) is 18.4 Å². The number of hydrogen-bond donors (Lipinski definition) is 0. The minimum atomic E-state index is -0.785. The van der Waals surface area contributed by atoms with E-state index in [2.05, 4.69) is 0 Å². The third kappa shape index (κ3) is 2.80. The average Bonchev–Trinajstić information content (AvgIpc) is 2.64. The lowest BCUT2D eigenvalue weighted by molar-refractivity contribution is -0.147. The molecule has 0 N–H and O–H groups in total. The van der Waals surface area contributed by atoms with Gasteiger partial charge < -0.3 is 9.15 Å². The maximum Gasteiger partial charge on any atom is 0.351 e. The maximum atomic E-state index is 13.0. The summed E-state index contributed by atoms with van der Waals surface area (Å²) in [6.07, 6.45) is 6.58. The Morgan fingerprint density at radius 3 is 2.33 bits per heavy atom. The monoisotopic (exact) mass is 366 g/mol. The van der Waals surface area contributed by atoms with Crippen molar-refractivity contribution in [3.05, 3.63) is 46.3 Å². The third-order valence-corrected chi connectivity index (χ3v) is 6.83. The van der Waals surface area contributed by atoms with Gasteiger partial charge in [0.25, 0.3) is 0 Å². The van der Waals surface area contributed by atoms with E-state index >= 15 is 0 Å². The average molecular weight is 366 g/mol. The summed E-state index contributed by atoms with van der Waals surface area (Å²) in [5.41, 5.74) is -0.778. The first-order valence-corrected chi connectivity index (χ1v) is 9.76. The smallest absolute Gasteiger partial charge is 0.351 e. The van der Waals surface area contributed by atoms with Gasteiger partial charge in [-0.3, -0.25) is 4.79 Å². The summed E-state index contributed by atoms with van der Waals surface area (Å²) in [5.74, 6) is 1.21. The Morgan fingerprint density at radius 2 is 1.67 bits per heavy atom. The highest BCUT2D eigenvalue weighted by Gasteiger charge is 2.54. The summed E-state index contributed by atoms with van der Waals surface area (Å²) in [4.78, 5) is 37.4. The molecule has 1 heterocycles. The standard InChI is InChI=1S/C22H22O5/c23-19(22-9-13-5-14(10-22)7-15(6-13)11-22)12-26-20(24)17-8-16-3-1-2-4-18(16)27-21(17)25/h1-4,8,13-15H,5-7,9-12H2. The molecule has 27 heavy (non-hydrogen) atoms. The fourth-order valence-corrected chi connectivity index (χ4v) is 6.02. The summed E-state index contributed by atoms with van der Waals surface area (Å²) in [7, 11) is 0. The van der Waals surface area contributed by atoms with Crippen LogP contribution in [0.4, 0.5) is 0 Å². The lowest BCUT2D eigenvalue weighted by atomic mass is 9.48. The molecule has 0 unspecified atom stereocenters. The number of para-hydroxylation sites is 1. The fourth-order valence-electron chi connectivity index (χ4n) is 6.02. The summed E-state index contributed by atoms with van der Waals surface area (Å²) < 4.78 is 10.4. The molecule has 4 bridgehead atoms. The van der Waals surface area contributed by atoms with Crippen molar-refractivity contribution in [3.8, 4) is 0 Å². The molecule has 140 valence electrons. The topological polar surface area (TPSA) is 73.6 Å². The van der Waals surface area contributed by atoms with Crippen LogP contribution in [0.25, 0.3) is 11.0 Å². The highest BCUT2D eigenvalue weighted by molar-refractivity contribution is 5.95. The van der Waals surface area contributed by atoms with Crippen molar-refractivity contribution < 1.29 is 18.7 Å². The largest absolute Gasteiger partial charge is 0.454 e. The van der Waals surface area contributed by atoms with Crippen molar-refractivity contribution in [2.24, 2.45) is 23.2 Å². The van der Waals surface area contributed by atoms with Crippen molar-refractivity contribution in [1.82, 2.24) is 0 Å². The molecular weight excluding hydrogens is 344 g/mol. The highest BCUT2D eigenvalue weighted by atomic mass is 16.5. The van der Waals surface area contributed by atoms with Crippen LogP contribution in [0, 0.1) is 23.2 Å². The zero-order valence-electron chi connectivity index (χ0n) is 15.1. The Bertz CT molecular complexity index is 950. The minimum absolute atomic E-state index is 0.0279. The Balaban J connectivity index is 1.32. The number of rotatable bonds is 4. The first-order chi connectivity index (χ1) is 13.0. The Hall–Kier alpha value is -2.43. The third-order valence-electron chi connectivity index (χ3n) is 6.83. The number of carbonyl (C=O) groups is 2. The van der Waals surface area contributed by atoms with E-state index in [1.807, 2.05) is 0 Å². The first kappa shape index (κ1) is 16.7. The van der Waals surface area contributed by atoms with Gasteiger partial charge in [0.2, 0.25) is 0 Å². The number of fused-ring (bicyclic) bond motifs is 1. The summed E-state index contributed by atoms with van der Waals surface area (Å²) in [6.45, 7) is -0.253. The molecule has 6 rings (SSSR count). The number of ether oxygens (including phenoxy) is 1. The quantitative estimate of drug-likeness (QED) is 0.609. The van der Waals surface area contributed by atoms with E-state index in [0.717, 1.165) is 19.3 Å². The van der Waals surface area contributed by atoms with Gasteiger partial charge in [-0.15, -0.1) is 0 Å². The second-order valence-electron chi connectivity index (χ2n) is 8.68. The van der Waals surface area contributed by atoms with Crippen molar-refractivity contribution >= 4 is 22.7 Å². The number of benzene rings is 1. The van der Waals surface area contributed by atoms with Gasteiger partial charge in [-0.25, -0.2) is 9.59 Å². The Kier molecular flexibility index (Phi) is 3.74. The molecule has 4 saturated carbocycles.